The maximum absolute atomic E-state index is 14.7. The van der Waals surface area contributed by atoms with Crippen LogP contribution in [0.15, 0.2) is 77.3 Å². The highest BCUT2D eigenvalue weighted by Crippen LogP contribution is 2.51. The summed E-state index contributed by atoms with van der Waals surface area (Å²) in [6.07, 6.45) is -0.0733. The lowest BCUT2D eigenvalue weighted by Gasteiger charge is -2.31. The summed E-state index contributed by atoms with van der Waals surface area (Å²) in [6, 6.07) is 17.5. The molecule has 3 aromatic rings. The van der Waals surface area contributed by atoms with E-state index in [-0.39, 0.29) is 6.42 Å². The van der Waals surface area contributed by atoms with Gasteiger partial charge in [0.25, 0.3) is 0 Å². The average molecular weight is 541 g/mol. The van der Waals surface area contributed by atoms with Crippen LogP contribution in [0.2, 0.25) is 0 Å². The van der Waals surface area contributed by atoms with E-state index in [9.17, 15) is 28.3 Å². The zero-order chi connectivity index (χ0) is 24.9. The van der Waals surface area contributed by atoms with Gasteiger partial charge in [-0.25, -0.2) is 13.7 Å². The van der Waals surface area contributed by atoms with E-state index in [1.54, 1.807) is 54.6 Å². The minimum atomic E-state index is -1.83. The first-order valence-corrected chi connectivity index (χ1v) is 11.7. The number of amides is 2. The van der Waals surface area contributed by atoms with Crippen LogP contribution in [0.4, 0.5) is 14.5 Å². The predicted octanol–water partition coefficient (Wildman–Crippen LogP) is 4.24. The second kappa shape index (κ2) is 8.66. The van der Waals surface area contributed by atoms with Crippen LogP contribution in [0.1, 0.15) is 17.2 Å². The van der Waals surface area contributed by atoms with Gasteiger partial charge < -0.3 is 5.11 Å². The van der Waals surface area contributed by atoms with Gasteiger partial charge in [-0.05, 0) is 35.4 Å². The molecular formula is C26H19BrF2N2O4. The van der Waals surface area contributed by atoms with E-state index < -0.39 is 58.5 Å². The van der Waals surface area contributed by atoms with Crippen LogP contribution in [0.25, 0.3) is 0 Å². The van der Waals surface area contributed by atoms with Crippen LogP contribution in [-0.2, 0) is 20.8 Å². The molecule has 2 amide bonds. The minimum absolute atomic E-state index is 0.0733. The molecule has 0 radical (unpaired) electrons. The van der Waals surface area contributed by atoms with Gasteiger partial charge in [0, 0.05) is 23.0 Å². The second-order valence-electron chi connectivity index (χ2n) is 8.72. The molecule has 2 saturated heterocycles. The number of carbonyl (C=O) groups is 3. The Kier molecular flexibility index (Phi) is 5.77. The number of benzene rings is 3. The topological polar surface area (TPSA) is 86.7 Å². The van der Waals surface area contributed by atoms with E-state index in [2.05, 4.69) is 21.2 Å². The third kappa shape index (κ3) is 3.75. The Morgan fingerprint density at radius 3 is 2.31 bits per heavy atom. The van der Waals surface area contributed by atoms with Crippen LogP contribution in [0.5, 0.6) is 0 Å². The molecule has 2 aliphatic heterocycles. The van der Waals surface area contributed by atoms with Crippen molar-refractivity contribution in [2.24, 2.45) is 11.8 Å². The quantitative estimate of drug-likeness (QED) is 0.472. The molecule has 9 heteroatoms. The standard InChI is InChI=1S/C26H19BrF2N2O4/c27-16-8-6-15(7-9-16)22-20-21(26(30-22,25(34)35)13-14-4-2-1-3-5-14)24(33)31(23(20)32)19-11-10-17(28)12-18(19)29/h1-12,20-22,30H,13H2,(H,34,35)/t20-,21-,22+,26+/m1/s1. The Morgan fingerprint density at radius 1 is 1.00 bits per heavy atom. The number of carboxylic acid groups (broad SMARTS) is 1. The van der Waals surface area contributed by atoms with E-state index in [4.69, 9.17) is 0 Å². The Morgan fingerprint density at radius 2 is 1.69 bits per heavy atom. The number of nitrogens with one attached hydrogen (secondary N) is 1. The second-order valence-corrected chi connectivity index (χ2v) is 9.64. The largest absolute Gasteiger partial charge is 0.480 e. The smallest absolute Gasteiger partial charge is 0.325 e. The van der Waals surface area contributed by atoms with Crippen LogP contribution < -0.4 is 10.2 Å². The third-order valence-electron chi connectivity index (χ3n) is 6.74. The first-order chi connectivity index (χ1) is 16.7. The maximum atomic E-state index is 14.7. The fraction of sp³-hybridized carbons (Fsp3) is 0.192. The summed E-state index contributed by atoms with van der Waals surface area (Å²) in [7, 11) is 0. The highest BCUT2D eigenvalue weighted by molar-refractivity contribution is 9.10. The number of nitrogens with zero attached hydrogens (tertiary/aromatic N) is 1. The maximum Gasteiger partial charge on any atom is 0.325 e. The van der Waals surface area contributed by atoms with Gasteiger partial charge in [-0.1, -0.05) is 58.4 Å². The lowest BCUT2D eigenvalue weighted by atomic mass is 9.76. The fourth-order valence-electron chi connectivity index (χ4n) is 5.21. The van der Waals surface area contributed by atoms with Gasteiger partial charge >= 0.3 is 5.97 Å². The summed E-state index contributed by atoms with van der Waals surface area (Å²) in [5.74, 6) is -7.22. The normalized spacial score (nSPS) is 25.7. The SMILES string of the molecule is O=C1[C@H]2[C@H](c3ccc(Br)cc3)N[C@](Cc3ccccc3)(C(=O)O)[C@H]2C(=O)N1c1ccc(F)cc1F. The zero-order valence-corrected chi connectivity index (χ0v) is 19.7. The van der Waals surface area contributed by atoms with Crippen molar-refractivity contribution in [3.63, 3.8) is 0 Å². The van der Waals surface area contributed by atoms with Crippen LogP contribution in [-0.4, -0.2) is 28.4 Å². The molecule has 0 unspecified atom stereocenters. The van der Waals surface area contributed by atoms with Crippen molar-refractivity contribution < 1.29 is 28.3 Å². The molecule has 2 heterocycles. The Balaban J connectivity index is 1.67. The molecule has 0 aliphatic carbocycles. The van der Waals surface area contributed by atoms with E-state index in [0.29, 0.717) is 22.1 Å². The molecule has 6 nitrogen and oxygen atoms in total. The number of rotatable bonds is 5. The van der Waals surface area contributed by atoms with Gasteiger partial charge in [-0.3, -0.25) is 19.7 Å². The first kappa shape index (κ1) is 23.3. The molecule has 2 aliphatic rings. The van der Waals surface area contributed by atoms with E-state index in [1.165, 1.54) is 0 Å². The average Bonchev–Trinajstić information content (AvgIpc) is 3.30. The number of imide groups is 1. The summed E-state index contributed by atoms with van der Waals surface area (Å²) < 4.78 is 29.0. The monoisotopic (exact) mass is 540 g/mol. The number of carbonyl (C=O) groups excluding carboxylic acids is 2. The summed E-state index contributed by atoms with van der Waals surface area (Å²) in [4.78, 5) is 40.9. The van der Waals surface area contributed by atoms with Crippen LogP contribution in [0.3, 0.4) is 0 Å². The van der Waals surface area contributed by atoms with E-state index in [0.717, 1.165) is 16.6 Å². The Hall–Kier alpha value is -3.43. The molecule has 0 spiro atoms. The highest BCUT2D eigenvalue weighted by Gasteiger charge is 2.68. The number of anilines is 1. The fourth-order valence-corrected chi connectivity index (χ4v) is 5.48. The number of aliphatic carboxylic acids is 1. The summed E-state index contributed by atoms with van der Waals surface area (Å²) >= 11 is 3.36. The van der Waals surface area contributed by atoms with Crippen molar-refractivity contribution in [1.82, 2.24) is 5.32 Å². The Bertz CT molecular complexity index is 1330. The molecule has 0 bridgehead atoms. The van der Waals surface area contributed by atoms with E-state index >= 15 is 0 Å². The number of halogens is 3. The lowest BCUT2D eigenvalue weighted by Crippen LogP contribution is -2.57. The third-order valence-corrected chi connectivity index (χ3v) is 7.27. The molecular weight excluding hydrogens is 522 g/mol. The molecule has 0 aromatic heterocycles. The van der Waals surface area contributed by atoms with Crippen molar-refractivity contribution in [2.75, 3.05) is 4.90 Å². The van der Waals surface area contributed by atoms with Gasteiger partial charge in [-0.15, -0.1) is 0 Å². The van der Waals surface area contributed by atoms with Gasteiger partial charge in [0.15, 0.2) is 0 Å². The van der Waals surface area contributed by atoms with Crippen molar-refractivity contribution in [1.29, 1.82) is 0 Å². The molecule has 178 valence electrons. The summed E-state index contributed by atoms with van der Waals surface area (Å²) in [5.41, 5.74) is -0.961. The van der Waals surface area contributed by atoms with Crippen molar-refractivity contribution in [2.45, 2.75) is 18.0 Å². The van der Waals surface area contributed by atoms with Gasteiger partial charge in [0.1, 0.15) is 17.2 Å². The number of carboxylic acids is 1. The van der Waals surface area contributed by atoms with Crippen LogP contribution in [0, 0.1) is 23.5 Å². The highest BCUT2D eigenvalue weighted by atomic mass is 79.9. The first-order valence-electron chi connectivity index (χ1n) is 10.9. The van der Waals surface area contributed by atoms with Crippen molar-refractivity contribution >= 4 is 39.4 Å². The van der Waals surface area contributed by atoms with Gasteiger partial charge in [0.2, 0.25) is 11.8 Å². The zero-order valence-electron chi connectivity index (χ0n) is 18.1. The van der Waals surface area contributed by atoms with Crippen molar-refractivity contribution in [3.8, 4) is 0 Å². The summed E-state index contributed by atoms with van der Waals surface area (Å²) in [5, 5.41) is 13.6. The molecule has 2 N–H and O–H groups in total. The number of hydrogen-bond donors (Lipinski definition) is 2. The molecule has 3 aromatic carbocycles. The molecule has 0 saturated carbocycles. The van der Waals surface area contributed by atoms with Gasteiger partial charge in [0.05, 0.1) is 17.5 Å². The Labute approximate surface area is 207 Å². The number of hydrogen-bond acceptors (Lipinski definition) is 4. The molecule has 35 heavy (non-hydrogen) atoms. The predicted molar refractivity (Wildman–Crippen MR) is 126 cm³/mol. The molecule has 2 fully saturated rings. The van der Waals surface area contributed by atoms with Gasteiger partial charge in [-0.2, -0.15) is 0 Å². The van der Waals surface area contributed by atoms with Crippen molar-refractivity contribution in [3.05, 3.63) is 100 Å². The van der Waals surface area contributed by atoms with E-state index in [1.807, 2.05) is 0 Å². The number of fused-ring (bicyclic) bond motifs is 1. The molecule has 5 rings (SSSR count). The van der Waals surface area contributed by atoms with Crippen LogP contribution >= 0.6 is 15.9 Å². The lowest BCUT2D eigenvalue weighted by molar-refractivity contribution is -0.148. The summed E-state index contributed by atoms with van der Waals surface area (Å²) in [6.45, 7) is 0. The minimum Gasteiger partial charge on any atom is -0.480 e. The molecule has 4 atom stereocenters.